The third-order valence-electron chi connectivity index (χ3n) is 3.03. The van der Waals surface area contributed by atoms with E-state index in [1.807, 2.05) is 6.92 Å². The van der Waals surface area contributed by atoms with Gasteiger partial charge in [0.15, 0.2) is 5.11 Å². The third-order valence-corrected chi connectivity index (χ3v) is 4.20. The lowest BCUT2D eigenvalue weighted by Gasteiger charge is -2.11. The first kappa shape index (κ1) is 17.9. The van der Waals surface area contributed by atoms with Crippen molar-refractivity contribution in [1.82, 2.24) is 0 Å². The minimum Gasteiger partial charge on any atom is -0.465 e. The molecule has 0 fully saturated rings. The number of benzene rings is 1. The van der Waals surface area contributed by atoms with E-state index >= 15 is 0 Å². The molecule has 0 bridgehead atoms. The van der Waals surface area contributed by atoms with Crippen LogP contribution in [0.15, 0.2) is 30.3 Å². The fourth-order valence-corrected chi connectivity index (χ4v) is 3.16. The molecule has 1 aromatic heterocycles. The van der Waals surface area contributed by atoms with Crippen LogP contribution in [0.1, 0.15) is 25.6 Å². The van der Waals surface area contributed by atoms with E-state index in [0.717, 1.165) is 4.88 Å². The van der Waals surface area contributed by atoms with Gasteiger partial charge in [-0.05, 0) is 43.4 Å². The second kappa shape index (κ2) is 7.89. The van der Waals surface area contributed by atoms with Crippen molar-refractivity contribution in [1.29, 1.82) is 0 Å². The number of carbonyl (C=O) groups excluding carboxylic acids is 2. The number of rotatable bonds is 4. The van der Waals surface area contributed by atoms with Crippen molar-refractivity contribution in [2.45, 2.75) is 6.92 Å². The number of thiophene rings is 1. The van der Waals surface area contributed by atoms with E-state index in [1.54, 1.807) is 30.3 Å². The highest BCUT2D eigenvalue weighted by molar-refractivity contribution is 7.80. The van der Waals surface area contributed by atoms with E-state index in [1.165, 1.54) is 25.6 Å². The first-order valence-electron chi connectivity index (χ1n) is 6.89. The van der Waals surface area contributed by atoms with E-state index < -0.39 is 11.9 Å². The molecule has 0 saturated heterocycles. The summed E-state index contributed by atoms with van der Waals surface area (Å²) < 4.78 is 9.44. The van der Waals surface area contributed by atoms with Gasteiger partial charge in [-0.25, -0.2) is 9.59 Å². The molecule has 1 heterocycles. The minimum absolute atomic E-state index is 0.295. The van der Waals surface area contributed by atoms with Crippen LogP contribution in [0.4, 0.5) is 10.7 Å². The molecular weight excluding hydrogens is 348 g/mol. The molecular formula is C16H16N2O4S2. The molecule has 6 nitrogen and oxygen atoms in total. The van der Waals surface area contributed by atoms with Gasteiger partial charge in [-0.1, -0.05) is 6.07 Å². The van der Waals surface area contributed by atoms with Crippen molar-refractivity contribution in [2.75, 3.05) is 24.9 Å². The monoisotopic (exact) mass is 364 g/mol. The number of ether oxygens (including phenoxy) is 2. The molecule has 0 aliphatic heterocycles. The van der Waals surface area contributed by atoms with Gasteiger partial charge in [0.1, 0.15) is 5.00 Å². The molecule has 2 N–H and O–H groups in total. The number of carbonyl (C=O) groups is 2. The van der Waals surface area contributed by atoms with E-state index in [0.29, 0.717) is 26.9 Å². The zero-order valence-electron chi connectivity index (χ0n) is 13.3. The Balaban J connectivity index is 2.12. The van der Waals surface area contributed by atoms with Crippen molar-refractivity contribution in [3.63, 3.8) is 0 Å². The van der Waals surface area contributed by atoms with Crippen molar-refractivity contribution in [2.24, 2.45) is 0 Å². The van der Waals surface area contributed by atoms with Crippen LogP contribution in [-0.4, -0.2) is 31.3 Å². The Bertz CT molecular complexity index is 786. The molecule has 0 radical (unpaired) electrons. The zero-order valence-corrected chi connectivity index (χ0v) is 15.0. The maximum atomic E-state index is 11.8. The maximum Gasteiger partial charge on any atom is 0.340 e. The lowest BCUT2D eigenvalue weighted by Crippen LogP contribution is -2.20. The van der Waals surface area contributed by atoms with E-state index in [2.05, 4.69) is 15.4 Å². The third kappa shape index (κ3) is 4.30. The molecule has 24 heavy (non-hydrogen) atoms. The Morgan fingerprint density at radius 1 is 1.08 bits per heavy atom. The Kier molecular flexibility index (Phi) is 5.88. The SMILES string of the molecule is COC(=O)c1cccc(NC(=S)Nc2sc(C)cc2C(=O)OC)c1. The van der Waals surface area contributed by atoms with Crippen LogP contribution < -0.4 is 10.6 Å². The van der Waals surface area contributed by atoms with E-state index in [9.17, 15) is 9.59 Å². The summed E-state index contributed by atoms with van der Waals surface area (Å²) in [6.07, 6.45) is 0. The second-order valence-corrected chi connectivity index (χ2v) is 6.41. The molecule has 1 aromatic carbocycles. The van der Waals surface area contributed by atoms with Crippen molar-refractivity contribution >= 4 is 51.3 Å². The second-order valence-electron chi connectivity index (χ2n) is 4.74. The highest BCUT2D eigenvalue weighted by Crippen LogP contribution is 2.28. The topological polar surface area (TPSA) is 76.7 Å². The van der Waals surface area contributed by atoms with Gasteiger partial charge in [0.25, 0.3) is 0 Å². The number of hydrogen-bond acceptors (Lipinski definition) is 6. The highest BCUT2D eigenvalue weighted by atomic mass is 32.1. The number of esters is 2. The highest BCUT2D eigenvalue weighted by Gasteiger charge is 2.16. The fraction of sp³-hybridized carbons (Fsp3) is 0.188. The van der Waals surface area contributed by atoms with Crippen LogP contribution in [-0.2, 0) is 9.47 Å². The average Bonchev–Trinajstić information content (AvgIpc) is 2.93. The molecule has 0 aliphatic carbocycles. The molecule has 126 valence electrons. The molecule has 0 spiro atoms. The Morgan fingerprint density at radius 3 is 2.46 bits per heavy atom. The summed E-state index contributed by atoms with van der Waals surface area (Å²) in [5.74, 6) is -0.864. The van der Waals surface area contributed by atoms with Crippen molar-refractivity contribution < 1.29 is 19.1 Å². The minimum atomic E-state index is -0.433. The standard InChI is InChI=1S/C16H16N2O4S2/c1-9-7-12(15(20)22-3)13(24-9)18-16(23)17-11-6-4-5-10(8-11)14(19)21-2/h4-8H,1-3H3,(H2,17,18,23). The van der Waals surface area contributed by atoms with Crippen LogP contribution in [0.5, 0.6) is 0 Å². The average molecular weight is 364 g/mol. The summed E-state index contributed by atoms with van der Waals surface area (Å²) >= 11 is 6.66. The number of methoxy groups -OCH3 is 2. The van der Waals surface area contributed by atoms with Gasteiger partial charge in [0, 0.05) is 10.6 Å². The fourth-order valence-electron chi connectivity index (χ4n) is 1.98. The first-order valence-corrected chi connectivity index (χ1v) is 8.12. The first-order chi connectivity index (χ1) is 11.4. The van der Waals surface area contributed by atoms with E-state index in [-0.39, 0.29) is 0 Å². The van der Waals surface area contributed by atoms with Crippen LogP contribution in [0, 0.1) is 6.92 Å². The molecule has 8 heteroatoms. The van der Waals surface area contributed by atoms with Gasteiger partial charge in [0.05, 0.1) is 25.3 Å². The predicted octanol–water partition coefficient (Wildman–Crippen LogP) is 3.44. The molecule has 0 aliphatic rings. The van der Waals surface area contributed by atoms with Gasteiger partial charge in [-0.15, -0.1) is 11.3 Å². The summed E-state index contributed by atoms with van der Waals surface area (Å²) in [5, 5.41) is 6.84. The molecule has 2 rings (SSSR count). The number of nitrogens with one attached hydrogen (secondary N) is 2. The van der Waals surface area contributed by atoms with Gasteiger partial charge in [0.2, 0.25) is 0 Å². The quantitative estimate of drug-likeness (QED) is 0.636. The number of anilines is 2. The van der Waals surface area contributed by atoms with Crippen LogP contribution >= 0.6 is 23.6 Å². The van der Waals surface area contributed by atoms with Gasteiger partial charge in [-0.3, -0.25) is 0 Å². The summed E-state index contributed by atoms with van der Waals surface area (Å²) in [6, 6.07) is 8.49. The van der Waals surface area contributed by atoms with Gasteiger partial charge >= 0.3 is 11.9 Å². The smallest absolute Gasteiger partial charge is 0.340 e. The molecule has 0 atom stereocenters. The van der Waals surface area contributed by atoms with E-state index in [4.69, 9.17) is 17.0 Å². The normalized spacial score (nSPS) is 9.96. The van der Waals surface area contributed by atoms with Crippen molar-refractivity contribution in [3.8, 4) is 0 Å². The molecule has 0 saturated carbocycles. The molecule has 0 amide bonds. The Labute approximate surface area is 148 Å². The summed E-state index contributed by atoms with van der Waals surface area (Å²) in [4.78, 5) is 24.3. The molecule has 2 aromatic rings. The van der Waals surface area contributed by atoms with Gasteiger partial charge in [-0.2, -0.15) is 0 Å². The van der Waals surface area contributed by atoms with Crippen molar-refractivity contribution in [3.05, 3.63) is 46.3 Å². The number of thiocarbonyl (C=S) groups is 1. The van der Waals surface area contributed by atoms with Crippen LogP contribution in [0.3, 0.4) is 0 Å². The summed E-state index contributed by atoms with van der Waals surface area (Å²) in [6.45, 7) is 1.89. The zero-order chi connectivity index (χ0) is 17.7. The largest absolute Gasteiger partial charge is 0.465 e. The number of hydrogen-bond donors (Lipinski definition) is 2. The lowest BCUT2D eigenvalue weighted by atomic mass is 10.2. The summed E-state index contributed by atoms with van der Waals surface area (Å²) in [5.41, 5.74) is 1.46. The number of aryl methyl sites for hydroxylation is 1. The lowest BCUT2D eigenvalue weighted by molar-refractivity contribution is 0.0592. The van der Waals surface area contributed by atoms with Crippen LogP contribution in [0.25, 0.3) is 0 Å². The predicted molar refractivity (Wildman–Crippen MR) is 98.0 cm³/mol. The maximum absolute atomic E-state index is 11.8. The van der Waals surface area contributed by atoms with Crippen LogP contribution in [0.2, 0.25) is 0 Å². The molecule has 0 unspecified atom stereocenters. The Morgan fingerprint density at radius 2 is 1.79 bits per heavy atom. The van der Waals surface area contributed by atoms with Gasteiger partial charge < -0.3 is 20.1 Å². The Hall–Kier alpha value is -2.45. The summed E-state index contributed by atoms with van der Waals surface area (Å²) in [7, 11) is 2.65.